The van der Waals surface area contributed by atoms with Gasteiger partial charge in [-0.3, -0.25) is 4.79 Å². The van der Waals surface area contributed by atoms with Gasteiger partial charge in [0.15, 0.2) is 0 Å². The maximum Gasteiger partial charge on any atom is 0.330 e. The molecule has 1 atom stereocenters. The topological polar surface area (TPSA) is 75.6 Å². The first-order valence-electron chi connectivity index (χ1n) is 7.03. The molecule has 1 unspecified atom stereocenters. The molecular formula is C16H19NO4. The predicted octanol–water partition coefficient (Wildman–Crippen LogP) is 1.75. The van der Waals surface area contributed by atoms with Gasteiger partial charge in [0.1, 0.15) is 6.04 Å². The highest BCUT2D eigenvalue weighted by molar-refractivity contribution is 5.87. The standard InChI is InChI=1S/C16H19NO4/c1-2-21-15(18)8-4-11-3-5-13-10-17-14(16(19)20)7-6-12(13)9-11/h3-5,8-9,14,17H,2,6-7,10H2,1H3,(H,19,20)/b8-4+. The number of carbonyl (C=O) groups is 2. The van der Waals surface area contributed by atoms with Gasteiger partial charge >= 0.3 is 11.9 Å². The van der Waals surface area contributed by atoms with Crippen LogP contribution in [0.25, 0.3) is 6.08 Å². The molecule has 0 fully saturated rings. The molecule has 1 aromatic carbocycles. The Morgan fingerprint density at radius 1 is 1.43 bits per heavy atom. The Hall–Kier alpha value is -2.14. The Balaban J connectivity index is 2.10. The lowest BCUT2D eigenvalue weighted by Gasteiger charge is -2.09. The molecule has 0 aromatic heterocycles. The van der Waals surface area contributed by atoms with E-state index in [1.54, 1.807) is 13.0 Å². The van der Waals surface area contributed by atoms with E-state index in [0.717, 1.165) is 16.7 Å². The van der Waals surface area contributed by atoms with E-state index in [1.165, 1.54) is 6.08 Å². The van der Waals surface area contributed by atoms with Gasteiger partial charge in [0, 0.05) is 12.6 Å². The molecule has 0 bridgehead atoms. The van der Waals surface area contributed by atoms with Gasteiger partial charge in [0.05, 0.1) is 6.61 Å². The zero-order valence-electron chi connectivity index (χ0n) is 12.0. The molecule has 0 saturated heterocycles. The van der Waals surface area contributed by atoms with Crippen LogP contribution in [-0.4, -0.2) is 29.7 Å². The van der Waals surface area contributed by atoms with Crippen molar-refractivity contribution >= 4 is 18.0 Å². The smallest absolute Gasteiger partial charge is 0.330 e. The molecule has 0 saturated carbocycles. The fourth-order valence-electron chi connectivity index (χ4n) is 2.36. The van der Waals surface area contributed by atoms with Crippen LogP contribution in [0.4, 0.5) is 0 Å². The minimum absolute atomic E-state index is 0.357. The first-order valence-corrected chi connectivity index (χ1v) is 7.03. The summed E-state index contributed by atoms with van der Waals surface area (Å²) in [6, 6.07) is 5.38. The van der Waals surface area contributed by atoms with Crippen molar-refractivity contribution in [2.75, 3.05) is 6.61 Å². The van der Waals surface area contributed by atoms with E-state index in [1.807, 2.05) is 18.2 Å². The number of aryl methyl sites for hydroxylation is 1. The Morgan fingerprint density at radius 2 is 2.24 bits per heavy atom. The van der Waals surface area contributed by atoms with Crippen LogP contribution >= 0.6 is 0 Å². The van der Waals surface area contributed by atoms with Crippen molar-refractivity contribution in [2.24, 2.45) is 0 Å². The van der Waals surface area contributed by atoms with Gasteiger partial charge in [-0.1, -0.05) is 18.2 Å². The van der Waals surface area contributed by atoms with E-state index in [-0.39, 0.29) is 5.97 Å². The lowest BCUT2D eigenvalue weighted by molar-refractivity contribution is -0.139. The molecule has 0 spiro atoms. The van der Waals surface area contributed by atoms with Gasteiger partial charge in [-0.2, -0.15) is 0 Å². The summed E-state index contributed by atoms with van der Waals surface area (Å²) in [5.74, 6) is -1.18. The van der Waals surface area contributed by atoms with Gasteiger partial charge in [-0.05, 0) is 42.5 Å². The molecule has 0 aliphatic carbocycles. The summed E-state index contributed by atoms with van der Waals surface area (Å²) in [5, 5.41) is 12.1. The molecule has 5 heteroatoms. The largest absolute Gasteiger partial charge is 0.480 e. The van der Waals surface area contributed by atoms with E-state index in [0.29, 0.717) is 26.0 Å². The first-order chi connectivity index (χ1) is 10.1. The highest BCUT2D eigenvalue weighted by Crippen LogP contribution is 2.19. The second kappa shape index (κ2) is 7.04. The molecule has 2 N–H and O–H groups in total. The average molecular weight is 289 g/mol. The minimum atomic E-state index is -0.815. The third-order valence-corrected chi connectivity index (χ3v) is 3.47. The van der Waals surface area contributed by atoms with Crippen LogP contribution in [0, 0.1) is 0 Å². The summed E-state index contributed by atoms with van der Waals surface area (Å²) in [6.45, 7) is 2.67. The van der Waals surface area contributed by atoms with Gasteiger partial charge < -0.3 is 15.2 Å². The number of carbonyl (C=O) groups excluding carboxylic acids is 1. The Kier molecular flexibility index (Phi) is 5.11. The highest BCUT2D eigenvalue weighted by Gasteiger charge is 2.20. The monoisotopic (exact) mass is 289 g/mol. The highest BCUT2D eigenvalue weighted by atomic mass is 16.5. The number of esters is 1. The van der Waals surface area contributed by atoms with Crippen molar-refractivity contribution in [1.82, 2.24) is 5.32 Å². The number of hydrogen-bond acceptors (Lipinski definition) is 4. The van der Waals surface area contributed by atoms with Crippen LogP contribution in [-0.2, 0) is 27.3 Å². The number of nitrogens with one attached hydrogen (secondary N) is 1. The molecule has 5 nitrogen and oxygen atoms in total. The molecule has 1 heterocycles. The number of aliphatic carboxylic acids is 1. The van der Waals surface area contributed by atoms with Crippen molar-refractivity contribution in [3.63, 3.8) is 0 Å². The molecule has 1 aromatic rings. The van der Waals surface area contributed by atoms with Crippen LogP contribution in [0.15, 0.2) is 24.3 Å². The van der Waals surface area contributed by atoms with Crippen LogP contribution in [0.3, 0.4) is 0 Å². The quantitative estimate of drug-likeness (QED) is 0.652. The molecule has 112 valence electrons. The number of carboxylic acid groups (broad SMARTS) is 1. The summed E-state index contributed by atoms with van der Waals surface area (Å²) < 4.78 is 4.84. The van der Waals surface area contributed by atoms with E-state index in [2.05, 4.69) is 5.32 Å². The predicted molar refractivity (Wildman–Crippen MR) is 78.7 cm³/mol. The third kappa shape index (κ3) is 4.16. The van der Waals surface area contributed by atoms with Gasteiger partial charge in [-0.15, -0.1) is 0 Å². The summed E-state index contributed by atoms with van der Waals surface area (Å²) in [4.78, 5) is 22.3. The van der Waals surface area contributed by atoms with Crippen LogP contribution in [0.5, 0.6) is 0 Å². The lowest BCUT2D eigenvalue weighted by atomic mass is 10.00. The molecular weight excluding hydrogens is 270 g/mol. The average Bonchev–Trinajstić information content (AvgIpc) is 2.67. The van der Waals surface area contributed by atoms with E-state index >= 15 is 0 Å². The Morgan fingerprint density at radius 3 is 2.95 bits per heavy atom. The lowest BCUT2D eigenvalue weighted by Crippen LogP contribution is -2.35. The second-order valence-electron chi connectivity index (χ2n) is 4.92. The van der Waals surface area contributed by atoms with Crippen LogP contribution < -0.4 is 5.32 Å². The fourth-order valence-corrected chi connectivity index (χ4v) is 2.36. The minimum Gasteiger partial charge on any atom is -0.480 e. The summed E-state index contributed by atoms with van der Waals surface area (Å²) in [5.41, 5.74) is 3.14. The molecule has 21 heavy (non-hydrogen) atoms. The maximum absolute atomic E-state index is 11.3. The number of rotatable bonds is 4. The normalized spacial score (nSPS) is 18.0. The molecule has 1 aliphatic heterocycles. The van der Waals surface area contributed by atoms with Crippen molar-refractivity contribution in [2.45, 2.75) is 32.4 Å². The zero-order valence-corrected chi connectivity index (χ0v) is 12.0. The first kappa shape index (κ1) is 15.3. The molecule has 1 aliphatic rings. The van der Waals surface area contributed by atoms with Gasteiger partial charge in [0.2, 0.25) is 0 Å². The van der Waals surface area contributed by atoms with E-state index in [4.69, 9.17) is 9.84 Å². The maximum atomic E-state index is 11.3. The molecule has 2 rings (SSSR count). The summed E-state index contributed by atoms with van der Waals surface area (Å²) in [7, 11) is 0. The van der Waals surface area contributed by atoms with Crippen molar-refractivity contribution < 1.29 is 19.4 Å². The van der Waals surface area contributed by atoms with Crippen molar-refractivity contribution in [3.05, 3.63) is 41.0 Å². The second-order valence-corrected chi connectivity index (χ2v) is 4.92. The van der Waals surface area contributed by atoms with Gasteiger partial charge in [0.25, 0.3) is 0 Å². The molecule has 0 radical (unpaired) electrons. The Bertz CT molecular complexity index is 565. The zero-order chi connectivity index (χ0) is 15.2. The number of benzene rings is 1. The number of carboxylic acids is 1. The fraction of sp³-hybridized carbons (Fsp3) is 0.375. The van der Waals surface area contributed by atoms with Crippen LogP contribution in [0.1, 0.15) is 30.0 Å². The van der Waals surface area contributed by atoms with Crippen molar-refractivity contribution in [1.29, 1.82) is 0 Å². The molecule has 0 amide bonds. The van der Waals surface area contributed by atoms with Gasteiger partial charge in [-0.25, -0.2) is 4.79 Å². The van der Waals surface area contributed by atoms with Crippen molar-refractivity contribution in [3.8, 4) is 0 Å². The SMILES string of the molecule is CCOC(=O)/C=C/c1ccc2c(c1)CCC(C(=O)O)NC2. The van der Waals surface area contributed by atoms with E-state index in [9.17, 15) is 9.59 Å². The number of fused-ring (bicyclic) bond motifs is 1. The van der Waals surface area contributed by atoms with E-state index < -0.39 is 12.0 Å². The van der Waals surface area contributed by atoms with Crippen LogP contribution in [0.2, 0.25) is 0 Å². The number of hydrogen-bond donors (Lipinski definition) is 2. The Labute approximate surface area is 123 Å². The number of ether oxygens (including phenoxy) is 1. The third-order valence-electron chi connectivity index (χ3n) is 3.47. The summed E-state index contributed by atoms with van der Waals surface area (Å²) in [6.07, 6.45) is 4.39. The summed E-state index contributed by atoms with van der Waals surface area (Å²) >= 11 is 0.